The highest BCUT2D eigenvalue weighted by Crippen LogP contribution is 2.31. The maximum Gasteiger partial charge on any atom is 0.0929 e. The highest BCUT2D eigenvalue weighted by Gasteiger charge is 2.24. The van der Waals surface area contributed by atoms with Gasteiger partial charge in [0.2, 0.25) is 0 Å². The summed E-state index contributed by atoms with van der Waals surface area (Å²) in [5.41, 5.74) is 3.65. The summed E-state index contributed by atoms with van der Waals surface area (Å²) in [7, 11) is 0. The molecule has 1 fully saturated rings. The van der Waals surface area contributed by atoms with Gasteiger partial charge in [0.1, 0.15) is 0 Å². The van der Waals surface area contributed by atoms with E-state index in [4.69, 9.17) is 0 Å². The van der Waals surface area contributed by atoms with Gasteiger partial charge in [-0.3, -0.25) is 0 Å². The normalized spacial score (nSPS) is 20.6. The summed E-state index contributed by atoms with van der Waals surface area (Å²) in [5.74, 6) is 0.589. The molecule has 1 saturated heterocycles. The molecular weight excluding hydrogens is 234 g/mol. The third-order valence-corrected chi connectivity index (χ3v) is 4.08. The number of nitrogens with one attached hydrogen (secondary N) is 1. The lowest BCUT2D eigenvalue weighted by Gasteiger charge is -2.31. The van der Waals surface area contributed by atoms with E-state index in [1.54, 1.807) is 0 Å². The van der Waals surface area contributed by atoms with E-state index < -0.39 is 0 Å². The lowest BCUT2D eigenvalue weighted by atomic mass is 9.92. The summed E-state index contributed by atoms with van der Waals surface area (Å²) >= 11 is 0. The van der Waals surface area contributed by atoms with Crippen LogP contribution >= 0.6 is 0 Å². The van der Waals surface area contributed by atoms with Gasteiger partial charge in [-0.05, 0) is 25.9 Å². The number of H-pyrrole nitrogens is 1. The van der Waals surface area contributed by atoms with E-state index in [0.29, 0.717) is 5.92 Å². The Kier molecular flexibility index (Phi) is 3.65. The first-order valence-corrected chi connectivity index (χ1v) is 7.19. The standard InChI is InChI=1S/C16H21N3/c1-2-19-10-6-9-14(11-19)16-15(17-12-18-16)13-7-4-3-5-8-13/h3-5,7-8,12,14H,2,6,9-11H2,1H3,(H,17,18)/t14-/m1/s1. The van der Waals surface area contributed by atoms with Crippen LogP contribution in [-0.4, -0.2) is 34.5 Å². The number of hydrogen-bond donors (Lipinski definition) is 1. The highest BCUT2D eigenvalue weighted by atomic mass is 15.1. The van der Waals surface area contributed by atoms with E-state index in [-0.39, 0.29) is 0 Å². The van der Waals surface area contributed by atoms with Gasteiger partial charge < -0.3 is 9.88 Å². The maximum absolute atomic E-state index is 4.54. The van der Waals surface area contributed by atoms with Gasteiger partial charge in [0.05, 0.1) is 12.0 Å². The second-order valence-electron chi connectivity index (χ2n) is 5.26. The van der Waals surface area contributed by atoms with Crippen molar-refractivity contribution in [2.45, 2.75) is 25.7 Å². The molecule has 1 aliphatic rings. The van der Waals surface area contributed by atoms with Crippen molar-refractivity contribution < 1.29 is 0 Å². The maximum atomic E-state index is 4.54. The lowest BCUT2D eigenvalue weighted by Crippen LogP contribution is -2.34. The monoisotopic (exact) mass is 255 g/mol. The summed E-state index contributed by atoms with van der Waals surface area (Å²) in [4.78, 5) is 10.5. The molecule has 1 aromatic carbocycles. The molecule has 0 unspecified atom stereocenters. The lowest BCUT2D eigenvalue weighted by molar-refractivity contribution is 0.216. The Bertz CT molecular complexity index is 518. The number of aromatic amines is 1. The predicted molar refractivity (Wildman–Crippen MR) is 78.1 cm³/mol. The summed E-state index contributed by atoms with van der Waals surface area (Å²) in [5, 5.41) is 0. The number of rotatable bonds is 3. The molecule has 100 valence electrons. The molecule has 3 nitrogen and oxygen atoms in total. The van der Waals surface area contributed by atoms with Gasteiger partial charge >= 0.3 is 0 Å². The Hall–Kier alpha value is -1.61. The number of likely N-dealkylation sites (tertiary alicyclic amines) is 1. The van der Waals surface area contributed by atoms with Crippen LogP contribution in [0.1, 0.15) is 31.4 Å². The fraction of sp³-hybridized carbons (Fsp3) is 0.438. The van der Waals surface area contributed by atoms with E-state index in [2.05, 4.69) is 52.1 Å². The topological polar surface area (TPSA) is 31.9 Å². The van der Waals surface area contributed by atoms with Crippen LogP contribution in [-0.2, 0) is 0 Å². The van der Waals surface area contributed by atoms with Gasteiger partial charge in [-0.25, -0.2) is 4.98 Å². The first-order chi connectivity index (χ1) is 9.38. The average molecular weight is 255 g/mol. The molecule has 2 aromatic rings. The van der Waals surface area contributed by atoms with Crippen LogP contribution in [0.15, 0.2) is 36.7 Å². The number of nitrogens with zero attached hydrogens (tertiary/aromatic N) is 2. The summed E-state index contributed by atoms with van der Waals surface area (Å²) in [6, 6.07) is 10.5. The van der Waals surface area contributed by atoms with Gasteiger partial charge in [0, 0.05) is 23.7 Å². The zero-order chi connectivity index (χ0) is 13.1. The van der Waals surface area contributed by atoms with Crippen LogP contribution in [0.3, 0.4) is 0 Å². The van der Waals surface area contributed by atoms with E-state index in [0.717, 1.165) is 18.8 Å². The number of aromatic nitrogens is 2. The summed E-state index contributed by atoms with van der Waals surface area (Å²) in [6.45, 7) is 5.78. The van der Waals surface area contributed by atoms with Crippen molar-refractivity contribution >= 4 is 0 Å². The van der Waals surface area contributed by atoms with Crippen molar-refractivity contribution in [3.05, 3.63) is 42.4 Å². The van der Waals surface area contributed by atoms with E-state index in [9.17, 15) is 0 Å². The first-order valence-electron chi connectivity index (χ1n) is 7.19. The highest BCUT2D eigenvalue weighted by molar-refractivity contribution is 5.62. The quantitative estimate of drug-likeness (QED) is 0.912. The van der Waals surface area contributed by atoms with Crippen molar-refractivity contribution in [1.82, 2.24) is 14.9 Å². The van der Waals surface area contributed by atoms with Crippen molar-refractivity contribution in [3.63, 3.8) is 0 Å². The number of imidazole rings is 1. The molecule has 3 heteroatoms. The summed E-state index contributed by atoms with van der Waals surface area (Å²) < 4.78 is 0. The number of likely N-dealkylation sites (N-methyl/N-ethyl adjacent to an activating group) is 1. The van der Waals surface area contributed by atoms with E-state index >= 15 is 0 Å². The third kappa shape index (κ3) is 2.56. The molecule has 1 N–H and O–H groups in total. The SMILES string of the molecule is CCN1CCC[C@@H](c2[nH]cnc2-c2ccccc2)C1. The molecule has 0 aliphatic carbocycles. The van der Waals surface area contributed by atoms with Gasteiger partial charge in [-0.15, -0.1) is 0 Å². The van der Waals surface area contributed by atoms with Crippen LogP contribution in [0.25, 0.3) is 11.3 Å². The second-order valence-corrected chi connectivity index (χ2v) is 5.26. The van der Waals surface area contributed by atoms with E-state index in [1.807, 2.05) is 6.33 Å². The van der Waals surface area contributed by atoms with Crippen molar-refractivity contribution in [1.29, 1.82) is 0 Å². The van der Waals surface area contributed by atoms with E-state index in [1.165, 1.54) is 30.6 Å². The number of benzene rings is 1. The minimum atomic E-state index is 0.589. The van der Waals surface area contributed by atoms with Crippen molar-refractivity contribution in [3.8, 4) is 11.3 Å². The minimum Gasteiger partial charge on any atom is -0.348 e. The van der Waals surface area contributed by atoms with Gasteiger partial charge in [-0.1, -0.05) is 37.3 Å². The van der Waals surface area contributed by atoms with Crippen LogP contribution < -0.4 is 0 Å². The molecule has 2 heterocycles. The fourth-order valence-electron chi connectivity index (χ4n) is 3.02. The average Bonchev–Trinajstić information content (AvgIpc) is 2.98. The third-order valence-electron chi connectivity index (χ3n) is 4.08. The Balaban J connectivity index is 1.88. The van der Waals surface area contributed by atoms with Crippen molar-refractivity contribution in [2.24, 2.45) is 0 Å². The molecule has 3 rings (SSSR count). The van der Waals surface area contributed by atoms with Gasteiger partial charge in [0.25, 0.3) is 0 Å². The smallest absolute Gasteiger partial charge is 0.0929 e. The Labute approximate surface area is 114 Å². The number of hydrogen-bond acceptors (Lipinski definition) is 2. The van der Waals surface area contributed by atoms with Crippen LogP contribution in [0.2, 0.25) is 0 Å². The Morgan fingerprint density at radius 3 is 2.95 bits per heavy atom. The molecule has 19 heavy (non-hydrogen) atoms. The molecule has 0 bridgehead atoms. The predicted octanol–water partition coefficient (Wildman–Crippen LogP) is 3.28. The Morgan fingerprint density at radius 1 is 1.32 bits per heavy atom. The molecule has 0 radical (unpaired) electrons. The first kappa shape index (κ1) is 12.4. The van der Waals surface area contributed by atoms with Gasteiger partial charge in [0.15, 0.2) is 0 Å². The van der Waals surface area contributed by atoms with Crippen molar-refractivity contribution in [2.75, 3.05) is 19.6 Å². The molecule has 1 aromatic heterocycles. The van der Waals surface area contributed by atoms with Crippen LogP contribution in [0.4, 0.5) is 0 Å². The largest absolute Gasteiger partial charge is 0.348 e. The zero-order valence-electron chi connectivity index (χ0n) is 11.5. The molecular formula is C16H21N3. The molecule has 1 atom stereocenters. The fourth-order valence-corrected chi connectivity index (χ4v) is 3.02. The zero-order valence-corrected chi connectivity index (χ0v) is 11.5. The van der Waals surface area contributed by atoms with Crippen LogP contribution in [0.5, 0.6) is 0 Å². The molecule has 0 spiro atoms. The summed E-state index contributed by atoms with van der Waals surface area (Å²) in [6.07, 6.45) is 4.38. The minimum absolute atomic E-state index is 0.589. The molecule has 0 amide bonds. The Morgan fingerprint density at radius 2 is 2.16 bits per heavy atom. The second kappa shape index (κ2) is 5.57. The molecule has 0 saturated carbocycles. The molecule has 1 aliphatic heterocycles. The van der Waals surface area contributed by atoms with Crippen LogP contribution in [0, 0.1) is 0 Å². The van der Waals surface area contributed by atoms with Gasteiger partial charge in [-0.2, -0.15) is 0 Å². The number of piperidine rings is 1.